The Bertz CT molecular complexity index is 714. The fourth-order valence-electron chi connectivity index (χ4n) is 3.29. The van der Waals surface area contributed by atoms with Gasteiger partial charge in [-0.15, -0.1) is 0 Å². The van der Waals surface area contributed by atoms with Crippen molar-refractivity contribution in [3.05, 3.63) is 42.5 Å². The predicted octanol–water partition coefficient (Wildman–Crippen LogP) is 3.52. The summed E-state index contributed by atoms with van der Waals surface area (Å²) < 4.78 is 13.3. The van der Waals surface area contributed by atoms with Crippen molar-refractivity contribution in [3.63, 3.8) is 0 Å². The van der Waals surface area contributed by atoms with Crippen molar-refractivity contribution in [1.29, 1.82) is 0 Å². The van der Waals surface area contributed by atoms with Crippen LogP contribution in [0.3, 0.4) is 0 Å². The minimum atomic E-state index is -0.522. The number of amides is 1. The molecule has 6 heteroatoms. The maximum atomic E-state index is 13.3. The van der Waals surface area contributed by atoms with Crippen LogP contribution in [0.25, 0.3) is 11.4 Å². The molecule has 0 aliphatic heterocycles. The Morgan fingerprint density at radius 3 is 2.64 bits per heavy atom. The summed E-state index contributed by atoms with van der Waals surface area (Å²) in [6, 6.07) is 5.55. The minimum absolute atomic E-state index is 0.215. The van der Waals surface area contributed by atoms with Crippen molar-refractivity contribution >= 4 is 11.6 Å². The Kier molecular flexibility index (Phi) is 5.71. The molecule has 1 unspecified atom stereocenters. The van der Waals surface area contributed by atoms with E-state index in [0.29, 0.717) is 29.4 Å². The molecule has 0 radical (unpaired) electrons. The van der Waals surface area contributed by atoms with Crippen LogP contribution in [0.5, 0.6) is 0 Å². The first-order valence-electron chi connectivity index (χ1n) is 8.76. The molecule has 25 heavy (non-hydrogen) atoms. The number of halogens is 1. The second-order valence-corrected chi connectivity index (χ2v) is 6.64. The third kappa shape index (κ3) is 4.82. The Morgan fingerprint density at radius 1 is 1.24 bits per heavy atom. The van der Waals surface area contributed by atoms with Crippen LogP contribution in [0.4, 0.5) is 10.1 Å². The van der Waals surface area contributed by atoms with E-state index in [9.17, 15) is 9.18 Å². The van der Waals surface area contributed by atoms with Crippen LogP contribution in [-0.4, -0.2) is 21.9 Å². The van der Waals surface area contributed by atoms with E-state index < -0.39 is 6.04 Å². The molecule has 3 N–H and O–H groups in total. The number of nitrogens with two attached hydrogens (primary N) is 1. The van der Waals surface area contributed by atoms with Crippen LogP contribution >= 0.6 is 0 Å². The van der Waals surface area contributed by atoms with Crippen molar-refractivity contribution in [1.82, 2.24) is 9.97 Å². The van der Waals surface area contributed by atoms with Crippen LogP contribution < -0.4 is 11.1 Å². The summed E-state index contributed by atoms with van der Waals surface area (Å²) in [5.41, 5.74) is 7.12. The van der Waals surface area contributed by atoms with Crippen LogP contribution in [0.2, 0.25) is 0 Å². The fourth-order valence-corrected chi connectivity index (χ4v) is 3.29. The zero-order valence-electron chi connectivity index (χ0n) is 14.1. The lowest BCUT2D eigenvalue weighted by molar-refractivity contribution is -0.117. The van der Waals surface area contributed by atoms with E-state index in [0.717, 1.165) is 12.8 Å². The molecule has 1 aromatic carbocycles. The Hall–Kier alpha value is -2.34. The molecule has 0 bridgehead atoms. The molecule has 1 heterocycles. The average Bonchev–Trinajstić information content (AvgIpc) is 2.63. The Balaban J connectivity index is 1.58. The van der Waals surface area contributed by atoms with Gasteiger partial charge in [0, 0.05) is 5.56 Å². The van der Waals surface area contributed by atoms with Gasteiger partial charge in [-0.1, -0.05) is 44.2 Å². The van der Waals surface area contributed by atoms with E-state index in [2.05, 4.69) is 15.3 Å². The normalized spacial score (nSPS) is 16.4. The smallest absolute Gasteiger partial charge is 0.241 e. The lowest BCUT2D eigenvalue weighted by Crippen LogP contribution is -2.37. The molecule has 5 nitrogen and oxygen atoms in total. The summed E-state index contributed by atoms with van der Waals surface area (Å²) in [5.74, 6) is 0.393. The zero-order chi connectivity index (χ0) is 17.6. The van der Waals surface area contributed by atoms with Gasteiger partial charge in [0.05, 0.1) is 24.1 Å². The van der Waals surface area contributed by atoms with Gasteiger partial charge in [0.15, 0.2) is 5.82 Å². The van der Waals surface area contributed by atoms with E-state index >= 15 is 0 Å². The minimum Gasteiger partial charge on any atom is -0.322 e. The standard InChI is InChI=1S/C19H23FN4O/c20-15-8-4-7-14(10-15)18-22-11-16(12-23-18)24-19(25)17(21)9-13-5-2-1-3-6-13/h4,7-8,10-13,17H,1-3,5-6,9,21H2,(H,24,25). The third-order valence-electron chi connectivity index (χ3n) is 4.65. The Labute approximate surface area is 146 Å². The second-order valence-electron chi connectivity index (χ2n) is 6.64. The summed E-state index contributed by atoms with van der Waals surface area (Å²) in [7, 11) is 0. The molecule has 1 amide bonds. The molecule has 1 atom stereocenters. The van der Waals surface area contributed by atoms with Gasteiger partial charge >= 0.3 is 0 Å². The second kappa shape index (κ2) is 8.16. The van der Waals surface area contributed by atoms with Gasteiger partial charge < -0.3 is 11.1 Å². The number of carbonyl (C=O) groups is 1. The monoisotopic (exact) mass is 342 g/mol. The van der Waals surface area contributed by atoms with E-state index in [-0.39, 0.29) is 11.7 Å². The fraction of sp³-hybridized carbons (Fsp3) is 0.421. The number of anilines is 1. The van der Waals surface area contributed by atoms with Crippen molar-refractivity contribution in [2.24, 2.45) is 11.7 Å². The number of benzene rings is 1. The molecule has 0 saturated heterocycles. The molecular formula is C19H23FN4O. The van der Waals surface area contributed by atoms with Crippen molar-refractivity contribution < 1.29 is 9.18 Å². The van der Waals surface area contributed by atoms with Crippen molar-refractivity contribution in [3.8, 4) is 11.4 Å². The zero-order valence-corrected chi connectivity index (χ0v) is 14.1. The molecule has 1 aliphatic carbocycles. The lowest BCUT2D eigenvalue weighted by atomic mass is 9.85. The molecule has 1 fully saturated rings. The van der Waals surface area contributed by atoms with E-state index in [4.69, 9.17) is 5.73 Å². The number of carbonyl (C=O) groups excluding carboxylic acids is 1. The molecule has 3 rings (SSSR count). The first-order chi connectivity index (χ1) is 12.1. The van der Waals surface area contributed by atoms with E-state index in [1.54, 1.807) is 12.1 Å². The topological polar surface area (TPSA) is 80.9 Å². The first kappa shape index (κ1) is 17.5. The van der Waals surface area contributed by atoms with Gasteiger partial charge in [-0.25, -0.2) is 14.4 Å². The van der Waals surface area contributed by atoms with Gasteiger partial charge in [0.25, 0.3) is 0 Å². The molecule has 1 aliphatic rings. The number of nitrogens with zero attached hydrogens (tertiary/aromatic N) is 2. The van der Waals surface area contributed by atoms with E-state index in [1.807, 2.05) is 0 Å². The number of rotatable bonds is 5. The maximum absolute atomic E-state index is 13.3. The SMILES string of the molecule is NC(CC1CCCCC1)C(=O)Nc1cnc(-c2cccc(F)c2)nc1. The molecular weight excluding hydrogens is 319 g/mol. The number of aromatic nitrogens is 2. The summed E-state index contributed by atoms with van der Waals surface area (Å²) in [6.07, 6.45) is 9.81. The van der Waals surface area contributed by atoms with E-state index in [1.165, 1.54) is 43.8 Å². The van der Waals surface area contributed by atoms with Crippen molar-refractivity contribution in [2.45, 2.75) is 44.6 Å². The summed E-state index contributed by atoms with van der Waals surface area (Å²) >= 11 is 0. The van der Waals surface area contributed by atoms with Gasteiger partial charge in [-0.05, 0) is 24.5 Å². The number of hydrogen-bond acceptors (Lipinski definition) is 4. The third-order valence-corrected chi connectivity index (χ3v) is 4.65. The summed E-state index contributed by atoms with van der Waals surface area (Å²) in [5, 5.41) is 2.76. The van der Waals surface area contributed by atoms with Gasteiger partial charge in [-0.3, -0.25) is 4.79 Å². The highest BCUT2D eigenvalue weighted by molar-refractivity contribution is 5.94. The van der Waals surface area contributed by atoms with Crippen molar-refractivity contribution in [2.75, 3.05) is 5.32 Å². The van der Waals surface area contributed by atoms with Gasteiger partial charge in [-0.2, -0.15) is 0 Å². The van der Waals surface area contributed by atoms with Crippen LogP contribution in [0.15, 0.2) is 36.7 Å². The molecule has 132 valence electrons. The molecule has 0 spiro atoms. The molecule has 1 aromatic heterocycles. The van der Waals surface area contributed by atoms with Crippen LogP contribution in [-0.2, 0) is 4.79 Å². The summed E-state index contributed by atoms with van der Waals surface area (Å²) in [6.45, 7) is 0. The highest BCUT2D eigenvalue weighted by atomic mass is 19.1. The highest BCUT2D eigenvalue weighted by Crippen LogP contribution is 2.27. The van der Waals surface area contributed by atoms with Gasteiger partial charge in [0.2, 0.25) is 5.91 Å². The summed E-state index contributed by atoms with van der Waals surface area (Å²) in [4.78, 5) is 20.6. The molecule has 1 saturated carbocycles. The highest BCUT2D eigenvalue weighted by Gasteiger charge is 2.21. The molecule has 2 aromatic rings. The first-order valence-corrected chi connectivity index (χ1v) is 8.76. The van der Waals surface area contributed by atoms with Crippen LogP contribution in [0.1, 0.15) is 38.5 Å². The number of nitrogens with one attached hydrogen (secondary N) is 1. The largest absolute Gasteiger partial charge is 0.322 e. The quantitative estimate of drug-likeness (QED) is 0.871. The number of hydrogen-bond donors (Lipinski definition) is 2. The average molecular weight is 342 g/mol. The lowest BCUT2D eigenvalue weighted by Gasteiger charge is -2.24. The predicted molar refractivity (Wildman–Crippen MR) is 95.2 cm³/mol. The Morgan fingerprint density at radius 2 is 1.96 bits per heavy atom. The maximum Gasteiger partial charge on any atom is 0.241 e. The van der Waals surface area contributed by atoms with Gasteiger partial charge in [0.1, 0.15) is 5.82 Å². The van der Waals surface area contributed by atoms with Crippen LogP contribution in [0, 0.1) is 11.7 Å².